The molecule has 1 fully saturated rings. The normalized spacial score (nSPS) is 18.6. The molecule has 1 aliphatic rings. The van der Waals surface area contributed by atoms with E-state index in [1.807, 2.05) is 0 Å². The van der Waals surface area contributed by atoms with Gasteiger partial charge in [0.1, 0.15) is 0 Å². The number of hydrogen-bond donors (Lipinski definition) is 3. The van der Waals surface area contributed by atoms with E-state index in [0.29, 0.717) is 0 Å². The number of aliphatic hydroxyl groups excluding tert-OH is 2. The van der Waals surface area contributed by atoms with E-state index in [0.717, 1.165) is 17.0 Å². The van der Waals surface area contributed by atoms with Gasteiger partial charge in [-0.25, -0.2) is 4.79 Å². The van der Waals surface area contributed by atoms with E-state index in [9.17, 15) is 38.1 Å². The lowest BCUT2D eigenvalue weighted by atomic mass is 9.93. The van der Waals surface area contributed by atoms with Crippen LogP contribution in [0.25, 0.3) is 11.1 Å². The molecule has 9 heteroatoms. The van der Waals surface area contributed by atoms with E-state index in [1.165, 1.54) is 30.3 Å². The standard InChI is InChI=1S/C21H16F3NO5/c22-21(23,24)16-4-2-1-3-14(16)13-7-5-12(9-15(13)20(29)30)6-8-19(28)25-10-17(26)18(27)11-25/h1-5,7,9,17-18,26-27H,10-11H2,(H,29,30)/t17-,18+. The van der Waals surface area contributed by atoms with Gasteiger partial charge in [-0.2, -0.15) is 13.2 Å². The molecule has 2 aromatic rings. The largest absolute Gasteiger partial charge is 0.478 e. The lowest BCUT2D eigenvalue weighted by molar-refractivity contribution is -0.137. The minimum Gasteiger partial charge on any atom is -0.478 e. The number of amides is 1. The molecule has 0 bridgehead atoms. The Morgan fingerprint density at radius 1 is 1.00 bits per heavy atom. The second-order valence-electron chi connectivity index (χ2n) is 6.70. The monoisotopic (exact) mass is 419 g/mol. The predicted octanol–water partition coefficient (Wildman–Crippen LogP) is 1.99. The first-order valence-corrected chi connectivity index (χ1v) is 8.79. The number of halogens is 3. The number of aromatic carboxylic acids is 1. The van der Waals surface area contributed by atoms with Gasteiger partial charge in [0.2, 0.25) is 0 Å². The van der Waals surface area contributed by atoms with Gasteiger partial charge < -0.3 is 20.2 Å². The second-order valence-corrected chi connectivity index (χ2v) is 6.70. The van der Waals surface area contributed by atoms with Gasteiger partial charge in [0.15, 0.2) is 0 Å². The van der Waals surface area contributed by atoms with Crippen LogP contribution in [-0.2, 0) is 11.0 Å². The van der Waals surface area contributed by atoms with Crippen molar-refractivity contribution in [1.29, 1.82) is 0 Å². The summed E-state index contributed by atoms with van der Waals surface area (Å²) < 4.78 is 39.9. The van der Waals surface area contributed by atoms with Gasteiger partial charge in [-0.1, -0.05) is 30.2 Å². The summed E-state index contributed by atoms with van der Waals surface area (Å²) in [5.41, 5.74) is -1.64. The summed E-state index contributed by atoms with van der Waals surface area (Å²) in [6.07, 6.45) is -6.80. The molecule has 0 aliphatic carbocycles. The maximum atomic E-state index is 13.3. The van der Waals surface area contributed by atoms with E-state index in [4.69, 9.17) is 0 Å². The average Bonchev–Trinajstić information content (AvgIpc) is 3.04. The molecule has 1 saturated heterocycles. The van der Waals surface area contributed by atoms with E-state index < -0.39 is 41.4 Å². The molecule has 1 heterocycles. The van der Waals surface area contributed by atoms with Crippen molar-refractivity contribution in [2.45, 2.75) is 18.4 Å². The molecule has 0 unspecified atom stereocenters. The maximum Gasteiger partial charge on any atom is 0.417 e. The van der Waals surface area contributed by atoms with Gasteiger partial charge >= 0.3 is 12.1 Å². The van der Waals surface area contributed by atoms with Crippen molar-refractivity contribution in [3.63, 3.8) is 0 Å². The van der Waals surface area contributed by atoms with Gasteiger partial charge in [-0.15, -0.1) is 0 Å². The Balaban J connectivity index is 1.95. The lowest BCUT2D eigenvalue weighted by Crippen LogP contribution is -2.28. The maximum absolute atomic E-state index is 13.3. The zero-order chi connectivity index (χ0) is 22.1. The highest BCUT2D eigenvalue weighted by Crippen LogP contribution is 2.38. The number of carboxylic acid groups (broad SMARTS) is 1. The van der Waals surface area contributed by atoms with E-state index in [2.05, 4.69) is 11.8 Å². The first-order valence-electron chi connectivity index (χ1n) is 8.79. The zero-order valence-electron chi connectivity index (χ0n) is 15.3. The summed E-state index contributed by atoms with van der Waals surface area (Å²) in [5, 5.41) is 28.5. The van der Waals surface area contributed by atoms with E-state index >= 15 is 0 Å². The van der Waals surface area contributed by atoms with Crippen LogP contribution >= 0.6 is 0 Å². The molecule has 6 nitrogen and oxygen atoms in total. The zero-order valence-corrected chi connectivity index (χ0v) is 15.3. The molecule has 2 atom stereocenters. The van der Waals surface area contributed by atoms with Crippen LogP contribution < -0.4 is 0 Å². The van der Waals surface area contributed by atoms with Crippen LogP contribution in [0, 0.1) is 11.8 Å². The molecule has 0 radical (unpaired) electrons. The quantitative estimate of drug-likeness (QED) is 0.647. The fourth-order valence-electron chi connectivity index (χ4n) is 3.14. The van der Waals surface area contributed by atoms with Crippen molar-refractivity contribution in [2.75, 3.05) is 13.1 Å². The highest BCUT2D eigenvalue weighted by molar-refractivity contribution is 5.98. The first-order chi connectivity index (χ1) is 14.1. The predicted molar refractivity (Wildman–Crippen MR) is 99.3 cm³/mol. The van der Waals surface area contributed by atoms with Gasteiger partial charge in [-0.3, -0.25) is 4.79 Å². The van der Waals surface area contributed by atoms with Crippen molar-refractivity contribution < 1.29 is 38.1 Å². The van der Waals surface area contributed by atoms with Gasteiger partial charge in [0.25, 0.3) is 5.91 Å². The molecule has 3 N–H and O–H groups in total. The third-order valence-electron chi connectivity index (χ3n) is 4.63. The Bertz CT molecular complexity index is 1040. The number of carbonyl (C=O) groups is 2. The summed E-state index contributed by atoms with van der Waals surface area (Å²) >= 11 is 0. The van der Waals surface area contributed by atoms with E-state index in [1.54, 1.807) is 0 Å². The van der Waals surface area contributed by atoms with Crippen LogP contribution in [0.5, 0.6) is 0 Å². The molecule has 0 saturated carbocycles. The third-order valence-corrected chi connectivity index (χ3v) is 4.63. The highest BCUT2D eigenvalue weighted by Gasteiger charge is 2.34. The molecule has 1 aliphatic heterocycles. The number of aliphatic hydroxyl groups is 2. The number of β-amino-alcohol motifs (C(OH)–C–C–N with tert-alkyl or cyclic N) is 2. The van der Waals surface area contributed by atoms with Crippen molar-refractivity contribution in [1.82, 2.24) is 4.90 Å². The fourth-order valence-corrected chi connectivity index (χ4v) is 3.14. The Kier molecular flexibility index (Phi) is 5.82. The average molecular weight is 419 g/mol. The lowest BCUT2D eigenvalue weighted by Gasteiger charge is -2.14. The van der Waals surface area contributed by atoms with Gasteiger partial charge in [0.05, 0.1) is 36.4 Å². The SMILES string of the molecule is O=C(O)c1cc(C#CC(=O)N2C[C@@H](O)[C@@H](O)C2)ccc1-c1ccccc1C(F)(F)F. The number of rotatable bonds is 2. The van der Waals surface area contributed by atoms with Crippen LogP contribution in [0.1, 0.15) is 21.5 Å². The Morgan fingerprint density at radius 3 is 2.23 bits per heavy atom. The minimum absolute atomic E-state index is 0.0811. The molecule has 30 heavy (non-hydrogen) atoms. The van der Waals surface area contributed by atoms with Crippen molar-refractivity contribution in [2.24, 2.45) is 0 Å². The summed E-state index contributed by atoms with van der Waals surface area (Å²) in [4.78, 5) is 24.9. The Labute approximate surface area is 169 Å². The summed E-state index contributed by atoms with van der Waals surface area (Å²) in [7, 11) is 0. The molecular formula is C21H16F3NO5. The van der Waals surface area contributed by atoms with Gasteiger partial charge in [-0.05, 0) is 29.3 Å². The number of alkyl halides is 3. The topological polar surface area (TPSA) is 98.1 Å². The third kappa shape index (κ3) is 4.45. The molecule has 156 valence electrons. The molecule has 0 aromatic heterocycles. The minimum atomic E-state index is -4.66. The summed E-state index contributed by atoms with van der Waals surface area (Å²) in [5.74, 6) is 2.65. The number of carbonyl (C=O) groups excluding carboxylic acids is 1. The summed E-state index contributed by atoms with van der Waals surface area (Å²) in [6.45, 7) is -0.162. The summed E-state index contributed by atoms with van der Waals surface area (Å²) in [6, 6.07) is 8.27. The molecule has 2 aromatic carbocycles. The number of likely N-dealkylation sites (tertiary alicyclic amines) is 1. The molecule has 3 rings (SSSR count). The van der Waals surface area contributed by atoms with Crippen molar-refractivity contribution >= 4 is 11.9 Å². The Hall–Kier alpha value is -3.35. The smallest absolute Gasteiger partial charge is 0.417 e. The van der Waals surface area contributed by atoms with Gasteiger partial charge in [0, 0.05) is 11.5 Å². The van der Waals surface area contributed by atoms with Crippen LogP contribution in [-0.4, -0.2) is 57.4 Å². The molecular weight excluding hydrogens is 403 g/mol. The fraction of sp³-hybridized carbons (Fsp3) is 0.238. The number of hydrogen-bond acceptors (Lipinski definition) is 4. The van der Waals surface area contributed by atoms with Crippen LogP contribution in [0.2, 0.25) is 0 Å². The van der Waals surface area contributed by atoms with Crippen molar-refractivity contribution in [3.8, 4) is 23.0 Å². The molecule has 1 amide bonds. The number of nitrogens with zero attached hydrogens (tertiary/aromatic N) is 1. The highest BCUT2D eigenvalue weighted by atomic mass is 19.4. The number of benzene rings is 2. The number of carboxylic acids is 1. The van der Waals surface area contributed by atoms with Crippen LogP contribution in [0.15, 0.2) is 42.5 Å². The van der Waals surface area contributed by atoms with Crippen molar-refractivity contribution in [3.05, 3.63) is 59.2 Å². The first kappa shape index (κ1) is 21.4. The molecule has 0 spiro atoms. The van der Waals surface area contributed by atoms with Crippen LogP contribution in [0.4, 0.5) is 13.2 Å². The van der Waals surface area contributed by atoms with Crippen LogP contribution in [0.3, 0.4) is 0 Å². The van der Waals surface area contributed by atoms with E-state index in [-0.39, 0.29) is 29.8 Å². The second kappa shape index (κ2) is 8.18. The Morgan fingerprint density at radius 2 is 1.63 bits per heavy atom.